The van der Waals surface area contributed by atoms with Crippen LogP contribution in [0.1, 0.15) is 73.4 Å². The molecule has 2 atom stereocenters. The second kappa shape index (κ2) is 4.29. The van der Waals surface area contributed by atoms with E-state index in [0.29, 0.717) is 11.3 Å². The molecule has 3 aliphatic rings. The Labute approximate surface area is 120 Å². The second-order valence-corrected chi connectivity index (χ2v) is 8.49. The van der Waals surface area contributed by atoms with Crippen LogP contribution in [0.15, 0.2) is 0 Å². The van der Waals surface area contributed by atoms with Gasteiger partial charge in [-0.2, -0.15) is 0 Å². The van der Waals surface area contributed by atoms with Crippen LogP contribution in [0.25, 0.3) is 0 Å². The molecule has 4 rings (SSSR count). The quantitative estimate of drug-likeness (QED) is 0.904. The van der Waals surface area contributed by atoms with E-state index in [0.717, 1.165) is 18.5 Å². The molecule has 0 saturated heterocycles. The Morgan fingerprint density at radius 2 is 2.11 bits per heavy atom. The molecule has 19 heavy (non-hydrogen) atoms. The van der Waals surface area contributed by atoms with E-state index in [9.17, 15) is 0 Å². The topological polar surface area (TPSA) is 24.9 Å². The molecule has 1 N–H and O–H groups in total. The van der Waals surface area contributed by atoms with Gasteiger partial charge >= 0.3 is 0 Å². The average molecular weight is 276 g/mol. The standard InChI is InChI=1S/C16H24N2S/c1-16(2)8-12(16)15-18-14-10(9-17-11-6-7-11)4-3-5-13(14)19-15/h10-12,17H,3-9H2,1-2H3. The van der Waals surface area contributed by atoms with E-state index in [1.54, 1.807) is 4.88 Å². The van der Waals surface area contributed by atoms with Crippen molar-refractivity contribution in [3.8, 4) is 0 Å². The first-order chi connectivity index (χ1) is 9.13. The van der Waals surface area contributed by atoms with Crippen LogP contribution in [-0.4, -0.2) is 17.6 Å². The minimum absolute atomic E-state index is 0.516. The van der Waals surface area contributed by atoms with Crippen molar-refractivity contribution in [1.82, 2.24) is 10.3 Å². The lowest BCUT2D eigenvalue weighted by atomic mass is 9.91. The Morgan fingerprint density at radius 1 is 1.32 bits per heavy atom. The molecular formula is C16H24N2S. The van der Waals surface area contributed by atoms with Gasteiger partial charge in [-0.25, -0.2) is 4.98 Å². The van der Waals surface area contributed by atoms with E-state index in [1.807, 2.05) is 11.3 Å². The maximum atomic E-state index is 5.07. The van der Waals surface area contributed by atoms with E-state index in [4.69, 9.17) is 4.98 Å². The van der Waals surface area contributed by atoms with Crippen molar-refractivity contribution >= 4 is 11.3 Å². The van der Waals surface area contributed by atoms with Gasteiger partial charge in [0.1, 0.15) is 0 Å². The highest BCUT2D eigenvalue weighted by Crippen LogP contribution is 2.59. The molecule has 0 spiro atoms. The molecule has 2 saturated carbocycles. The molecule has 1 aromatic rings. The lowest BCUT2D eigenvalue weighted by Gasteiger charge is -2.21. The van der Waals surface area contributed by atoms with Gasteiger partial charge in [0.25, 0.3) is 0 Å². The fourth-order valence-corrected chi connectivity index (χ4v) is 4.86. The van der Waals surface area contributed by atoms with E-state index in [1.165, 1.54) is 49.2 Å². The summed E-state index contributed by atoms with van der Waals surface area (Å²) in [7, 11) is 0. The molecule has 0 amide bonds. The number of nitrogens with zero attached hydrogens (tertiary/aromatic N) is 1. The van der Waals surface area contributed by atoms with Crippen molar-refractivity contribution in [1.29, 1.82) is 0 Å². The molecular weight excluding hydrogens is 252 g/mol. The molecule has 2 fully saturated rings. The van der Waals surface area contributed by atoms with Gasteiger partial charge in [-0.1, -0.05) is 13.8 Å². The number of aryl methyl sites for hydroxylation is 1. The van der Waals surface area contributed by atoms with Crippen LogP contribution < -0.4 is 5.32 Å². The Kier molecular flexibility index (Phi) is 2.79. The maximum absolute atomic E-state index is 5.07. The van der Waals surface area contributed by atoms with E-state index in [-0.39, 0.29) is 0 Å². The Morgan fingerprint density at radius 3 is 2.79 bits per heavy atom. The van der Waals surface area contributed by atoms with Crippen LogP contribution in [-0.2, 0) is 6.42 Å². The molecule has 2 unspecified atom stereocenters. The van der Waals surface area contributed by atoms with Gasteiger partial charge in [-0.15, -0.1) is 11.3 Å². The van der Waals surface area contributed by atoms with Crippen LogP contribution in [0.3, 0.4) is 0 Å². The van der Waals surface area contributed by atoms with Crippen LogP contribution in [0, 0.1) is 5.41 Å². The highest BCUT2D eigenvalue weighted by Gasteiger charge is 2.49. The predicted octanol–water partition coefficient (Wildman–Crippen LogP) is 3.83. The largest absolute Gasteiger partial charge is 0.313 e. The summed E-state index contributed by atoms with van der Waals surface area (Å²) in [5.74, 6) is 1.44. The van der Waals surface area contributed by atoms with Crippen LogP contribution >= 0.6 is 11.3 Å². The summed E-state index contributed by atoms with van der Waals surface area (Å²) in [6.45, 7) is 5.92. The minimum Gasteiger partial charge on any atom is -0.313 e. The SMILES string of the molecule is CC1(C)CC1c1nc2c(s1)CCCC2CNC1CC1. The van der Waals surface area contributed by atoms with Gasteiger partial charge in [0, 0.05) is 29.3 Å². The highest BCUT2D eigenvalue weighted by molar-refractivity contribution is 7.11. The number of hydrogen-bond donors (Lipinski definition) is 1. The number of nitrogens with one attached hydrogen (secondary N) is 1. The first-order valence-corrected chi connectivity index (χ1v) is 8.68. The Balaban J connectivity index is 1.52. The average Bonchev–Trinajstić information content (AvgIpc) is 3.25. The summed E-state index contributed by atoms with van der Waals surface area (Å²) in [6.07, 6.45) is 8.09. The van der Waals surface area contributed by atoms with Crippen molar-refractivity contribution in [2.75, 3.05) is 6.54 Å². The van der Waals surface area contributed by atoms with E-state index < -0.39 is 0 Å². The van der Waals surface area contributed by atoms with Gasteiger partial charge in [-0.3, -0.25) is 0 Å². The summed E-state index contributed by atoms with van der Waals surface area (Å²) >= 11 is 2.02. The third-order valence-corrected chi connectivity index (χ3v) is 6.37. The van der Waals surface area contributed by atoms with Gasteiger partial charge in [0.15, 0.2) is 0 Å². The molecule has 0 aliphatic heterocycles. The second-order valence-electron chi connectivity index (χ2n) is 7.38. The summed E-state index contributed by atoms with van der Waals surface area (Å²) in [6, 6.07) is 0.825. The molecule has 0 bridgehead atoms. The Hall–Kier alpha value is -0.410. The summed E-state index contributed by atoms with van der Waals surface area (Å²) in [4.78, 5) is 6.67. The maximum Gasteiger partial charge on any atom is 0.0967 e. The molecule has 1 heterocycles. The van der Waals surface area contributed by atoms with Crippen molar-refractivity contribution in [3.63, 3.8) is 0 Å². The molecule has 0 radical (unpaired) electrons. The molecule has 3 heteroatoms. The third-order valence-electron chi connectivity index (χ3n) is 5.13. The third kappa shape index (κ3) is 2.36. The van der Waals surface area contributed by atoms with Gasteiger partial charge < -0.3 is 5.32 Å². The minimum atomic E-state index is 0.516. The molecule has 0 aromatic carbocycles. The fraction of sp³-hybridized carbons (Fsp3) is 0.812. The molecule has 3 aliphatic carbocycles. The first-order valence-electron chi connectivity index (χ1n) is 7.86. The lowest BCUT2D eigenvalue weighted by Crippen LogP contribution is -2.25. The summed E-state index contributed by atoms with van der Waals surface area (Å²) in [5.41, 5.74) is 1.98. The molecule has 104 valence electrons. The zero-order valence-electron chi connectivity index (χ0n) is 12.0. The smallest absolute Gasteiger partial charge is 0.0967 e. The normalized spacial score (nSPS) is 32.1. The fourth-order valence-electron chi connectivity index (χ4n) is 3.36. The van der Waals surface area contributed by atoms with Crippen molar-refractivity contribution in [2.24, 2.45) is 5.41 Å². The lowest BCUT2D eigenvalue weighted by molar-refractivity contribution is 0.499. The van der Waals surface area contributed by atoms with Gasteiger partial charge in [0.05, 0.1) is 10.7 Å². The monoisotopic (exact) mass is 276 g/mol. The number of hydrogen-bond acceptors (Lipinski definition) is 3. The number of thiazole rings is 1. The van der Waals surface area contributed by atoms with Crippen molar-refractivity contribution in [2.45, 2.75) is 70.3 Å². The van der Waals surface area contributed by atoms with Crippen LogP contribution in [0.4, 0.5) is 0 Å². The summed E-state index contributed by atoms with van der Waals surface area (Å²) < 4.78 is 0. The van der Waals surface area contributed by atoms with Crippen molar-refractivity contribution < 1.29 is 0 Å². The highest BCUT2D eigenvalue weighted by atomic mass is 32.1. The molecule has 1 aromatic heterocycles. The summed E-state index contributed by atoms with van der Waals surface area (Å²) in [5, 5.41) is 5.14. The predicted molar refractivity (Wildman–Crippen MR) is 80.0 cm³/mol. The van der Waals surface area contributed by atoms with Crippen molar-refractivity contribution in [3.05, 3.63) is 15.6 Å². The zero-order chi connectivity index (χ0) is 13.0. The van der Waals surface area contributed by atoms with Gasteiger partial charge in [0.2, 0.25) is 0 Å². The van der Waals surface area contributed by atoms with E-state index in [2.05, 4.69) is 19.2 Å². The first kappa shape index (κ1) is 12.3. The Bertz CT molecular complexity index is 487. The molecule has 2 nitrogen and oxygen atoms in total. The number of rotatable bonds is 4. The van der Waals surface area contributed by atoms with Gasteiger partial charge in [-0.05, 0) is 43.9 Å². The number of aromatic nitrogens is 1. The number of fused-ring (bicyclic) bond motifs is 1. The van der Waals surface area contributed by atoms with E-state index >= 15 is 0 Å². The zero-order valence-corrected chi connectivity index (χ0v) is 12.9. The van der Waals surface area contributed by atoms with Crippen LogP contribution in [0.5, 0.6) is 0 Å². The van der Waals surface area contributed by atoms with Crippen LogP contribution in [0.2, 0.25) is 0 Å².